The second-order valence-electron chi connectivity index (χ2n) is 4.19. The number of anilines is 1. The molecule has 1 saturated heterocycles. The van der Waals surface area contributed by atoms with Crippen LogP contribution in [0.4, 0.5) is 10.1 Å². The van der Waals surface area contributed by atoms with Gasteiger partial charge in [-0.25, -0.2) is 4.39 Å². The van der Waals surface area contributed by atoms with Crippen molar-refractivity contribution in [3.05, 3.63) is 30.1 Å². The topological polar surface area (TPSA) is 56.1 Å². The molecule has 18 heavy (non-hydrogen) atoms. The highest BCUT2D eigenvalue weighted by molar-refractivity contribution is 5.97. The van der Waals surface area contributed by atoms with Gasteiger partial charge in [0.05, 0.1) is 12.5 Å². The monoisotopic (exact) mass is 247 g/mol. The van der Waals surface area contributed by atoms with Crippen LogP contribution in [0.5, 0.6) is 0 Å². The summed E-state index contributed by atoms with van der Waals surface area (Å²) in [7, 11) is 0. The summed E-state index contributed by atoms with van der Waals surface area (Å²) in [6.45, 7) is 1.22. The molecule has 0 aliphatic carbocycles. The highest BCUT2D eigenvalue weighted by Crippen LogP contribution is 2.19. The van der Waals surface area contributed by atoms with Crippen LogP contribution in [0.3, 0.4) is 0 Å². The van der Waals surface area contributed by atoms with E-state index in [2.05, 4.69) is 5.32 Å². The molecule has 0 radical (unpaired) electrons. The van der Waals surface area contributed by atoms with Crippen molar-refractivity contribution in [2.45, 2.75) is 18.9 Å². The minimum atomic E-state index is -0.499. The van der Waals surface area contributed by atoms with Gasteiger partial charge in [0, 0.05) is 12.2 Å². The Bertz CT molecular complexity index is 483. The predicted molar refractivity (Wildman–Crippen MR) is 65.4 cm³/mol. The van der Waals surface area contributed by atoms with Crippen LogP contribution in [0.25, 0.3) is 0 Å². The van der Waals surface area contributed by atoms with Crippen LogP contribution in [-0.2, 0) is 4.79 Å². The van der Waals surface area contributed by atoms with Gasteiger partial charge in [-0.15, -0.1) is 0 Å². The van der Waals surface area contributed by atoms with Gasteiger partial charge in [-0.05, 0) is 31.2 Å². The number of hydrogen-bond acceptors (Lipinski definition) is 3. The first-order chi connectivity index (χ1) is 8.72. The summed E-state index contributed by atoms with van der Waals surface area (Å²) < 4.78 is 13.2. The zero-order chi connectivity index (χ0) is 13.0. The van der Waals surface area contributed by atoms with Crippen LogP contribution in [0.2, 0.25) is 0 Å². The third kappa shape index (κ3) is 2.66. The molecule has 1 heterocycles. The van der Waals surface area contributed by atoms with Gasteiger partial charge in [0.15, 0.2) is 0 Å². The lowest BCUT2D eigenvalue weighted by molar-refractivity contribution is -0.120. The normalized spacial score (nSPS) is 20.3. The van der Waals surface area contributed by atoms with Gasteiger partial charge in [0.25, 0.3) is 0 Å². The Morgan fingerprint density at radius 2 is 2.39 bits per heavy atom. The molecule has 1 aliphatic rings. The number of carbonyl (C=O) groups is 1. The van der Waals surface area contributed by atoms with Crippen molar-refractivity contribution in [3.8, 4) is 6.07 Å². The molecule has 1 aromatic rings. The third-order valence-electron chi connectivity index (χ3n) is 2.93. The molecule has 0 aromatic heterocycles. The van der Waals surface area contributed by atoms with Crippen LogP contribution in [0.1, 0.15) is 12.8 Å². The molecule has 5 heteroatoms. The summed E-state index contributed by atoms with van der Waals surface area (Å²) in [5.41, 5.74) is 0.548. The number of benzene rings is 1. The highest BCUT2D eigenvalue weighted by Gasteiger charge is 2.27. The van der Waals surface area contributed by atoms with Crippen molar-refractivity contribution in [1.82, 2.24) is 5.32 Å². The number of halogens is 1. The van der Waals surface area contributed by atoms with E-state index in [1.165, 1.54) is 12.1 Å². The Labute approximate surface area is 105 Å². The Morgan fingerprint density at radius 1 is 1.56 bits per heavy atom. The van der Waals surface area contributed by atoms with E-state index in [0.29, 0.717) is 18.8 Å². The molecule has 1 N–H and O–H groups in total. The number of nitrogens with one attached hydrogen (secondary N) is 1. The van der Waals surface area contributed by atoms with Gasteiger partial charge in [-0.3, -0.25) is 4.79 Å². The van der Waals surface area contributed by atoms with Gasteiger partial charge in [0.1, 0.15) is 11.9 Å². The van der Waals surface area contributed by atoms with Crippen LogP contribution in [0.15, 0.2) is 24.3 Å². The molecule has 1 atom stereocenters. The molecule has 1 unspecified atom stereocenters. The lowest BCUT2D eigenvalue weighted by atomic mass is 10.2. The molecule has 0 bridgehead atoms. The standard InChI is InChI=1S/C13H14FN3O/c14-10-3-1-4-11(9-10)17-8-2-7-16-12(5-6-15)13(17)18/h1,3-4,9,12,16H,2,5,7-8H2. The maximum Gasteiger partial charge on any atom is 0.245 e. The molecule has 1 aliphatic heterocycles. The quantitative estimate of drug-likeness (QED) is 0.860. The summed E-state index contributed by atoms with van der Waals surface area (Å²) >= 11 is 0. The number of nitriles is 1. The molecule has 0 spiro atoms. The van der Waals surface area contributed by atoms with E-state index < -0.39 is 6.04 Å². The van der Waals surface area contributed by atoms with Crippen molar-refractivity contribution in [2.24, 2.45) is 0 Å². The maximum absolute atomic E-state index is 13.2. The SMILES string of the molecule is N#CCC1NCCCN(c2cccc(F)c2)C1=O. The Morgan fingerprint density at radius 3 is 3.11 bits per heavy atom. The van der Waals surface area contributed by atoms with E-state index in [-0.39, 0.29) is 18.1 Å². The minimum Gasteiger partial charge on any atom is -0.311 e. The molecular formula is C13H14FN3O. The lowest BCUT2D eigenvalue weighted by Gasteiger charge is -2.23. The van der Waals surface area contributed by atoms with E-state index in [4.69, 9.17) is 5.26 Å². The largest absolute Gasteiger partial charge is 0.311 e. The fourth-order valence-corrected chi connectivity index (χ4v) is 2.05. The molecule has 1 fully saturated rings. The summed E-state index contributed by atoms with van der Waals surface area (Å²) in [6, 6.07) is 7.46. The molecular weight excluding hydrogens is 233 g/mol. The molecule has 2 rings (SSSR count). The zero-order valence-electron chi connectivity index (χ0n) is 9.90. The second kappa shape index (κ2) is 5.61. The average Bonchev–Trinajstić information content (AvgIpc) is 2.53. The summed E-state index contributed by atoms with van der Waals surface area (Å²) in [6.07, 6.45) is 0.912. The van der Waals surface area contributed by atoms with Crippen molar-refractivity contribution in [3.63, 3.8) is 0 Å². The fourth-order valence-electron chi connectivity index (χ4n) is 2.05. The van der Waals surface area contributed by atoms with Crippen molar-refractivity contribution < 1.29 is 9.18 Å². The molecule has 94 valence electrons. The van der Waals surface area contributed by atoms with E-state index in [1.807, 2.05) is 6.07 Å². The minimum absolute atomic E-state index is 0.130. The van der Waals surface area contributed by atoms with E-state index >= 15 is 0 Å². The van der Waals surface area contributed by atoms with E-state index in [1.54, 1.807) is 17.0 Å². The van der Waals surface area contributed by atoms with Crippen molar-refractivity contribution >= 4 is 11.6 Å². The van der Waals surface area contributed by atoms with Crippen LogP contribution < -0.4 is 10.2 Å². The van der Waals surface area contributed by atoms with Crippen LogP contribution in [-0.4, -0.2) is 25.0 Å². The van der Waals surface area contributed by atoms with Gasteiger partial charge in [-0.1, -0.05) is 6.07 Å². The van der Waals surface area contributed by atoms with Crippen LogP contribution in [0, 0.1) is 17.1 Å². The van der Waals surface area contributed by atoms with Crippen molar-refractivity contribution in [2.75, 3.05) is 18.0 Å². The third-order valence-corrected chi connectivity index (χ3v) is 2.93. The van der Waals surface area contributed by atoms with E-state index in [9.17, 15) is 9.18 Å². The van der Waals surface area contributed by atoms with Gasteiger partial charge in [0.2, 0.25) is 5.91 Å². The highest BCUT2D eigenvalue weighted by atomic mass is 19.1. The van der Waals surface area contributed by atoms with Gasteiger partial charge >= 0.3 is 0 Å². The molecule has 1 aromatic carbocycles. The molecule has 0 saturated carbocycles. The smallest absolute Gasteiger partial charge is 0.245 e. The number of nitrogens with zero attached hydrogens (tertiary/aromatic N) is 2. The fraction of sp³-hybridized carbons (Fsp3) is 0.385. The van der Waals surface area contributed by atoms with Gasteiger partial charge < -0.3 is 10.2 Å². The first-order valence-electron chi connectivity index (χ1n) is 5.89. The summed E-state index contributed by atoms with van der Waals surface area (Å²) in [5, 5.41) is 11.7. The Kier molecular flexibility index (Phi) is 3.90. The average molecular weight is 247 g/mol. The van der Waals surface area contributed by atoms with Gasteiger partial charge in [-0.2, -0.15) is 5.26 Å². The first-order valence-corrected chi connectivity index (χ1v) is 5.89. The molecule has 1 amide bonds. The Hall–Kier alpha value is -1.93. The number of carbonyl (C=O) groups excluding carboxylic acids is 1. The second-order valence-corrected chi connectivity index (χ2v) is 4.19. The zero-order valence-corrected chi connectivity index (χ0v) is 9.90. The molecule has 4 nitrogen and oxygen atoms in total. The van der Waals surface area contributed by atoms with Crippen molar-refractivity contribution in [1.29, 1.82) is 5.26 Å². The maximum atomic E-state index is 13.2. The predicted octanol–water partition coefficient (Wildman–Crippen LogP) is 1.43. The number of rotatable bonds is 2. The first kappa shape index (κ1) is 12.5. The summed E-state index contributed by atoms with van der Waals surface area (Å²) in [4.78, 5) is 13.8. The summed E-state index contributed by atoms with van der Waals surface area (Å²) in [5.74, 6) is -0.533. The number of hydrogen-bond donors (Lipinski definition) is 1. The Balaban J connectivity index is 2.25. The van der Waals surface area contributed by atoms with Crippen LogP contribution >= 0.6 is 0 Å². The lowest BCUT2D eigenvalue weighted by Crippen LogP contribution is -2.43. The number of amides is 1. The van der Waals surface area contributed by atoms with E-state index in [0.717, 1.165) is 6.42 Å².